The van der Waals surface area contributed by atoms with Crippen molar-refractivity contribution in [1.29, 1.82) is 5.26 Å². The van der Waals surface area contributed by atoms with Crippen LogP contribution in [0.1, 0.15) is 11.3 Å². The smallest absolute Gasteiger partial charge is 0.140 e. The Kier molecular flexibility index (Phi) is 2.33. The normalized spacial score (nSPS) is 9.80. The van der Waals surface area contributed by atoms with Crippen molar-refractivity contribution in [2.24, 2.45) is 0 Å². The van der Waals surface area contributed by atoms with Gasteiger partial charge < -0.3 is 5.73 Å². The Hall–Kier alpha value is -2.35. The maximum atomic E-state index is 8.68. The molecule has 0 atom stereocenters. The van der Waals surface area contributed by atoms with Crippen molar-refractivity contribution in [3.05, 3.63) is 42.0 Å². The van der Waals surface area contributed by atoms with Crippen molar-refractivity contribution in [2.45, 2.75) is 6.54 Å². The van der Waals surface area contributed by atoms with Crippen molar-refractivity contribution in [2.75, 3.05) is 5.73 Å². The SMILES string of the molecule is N#Cc1cc(Cn2cc(N)cn2)ccn1. The van der Waals surface area contributed by atoms with Gasteiger partial charge in [0.1, 0.15) is 11.8 Å². The third-order valence-electron chi connectivity index (χ3n) is 1.94. The lowest BCUT2D eigenvalue weighted by molar-refractivity contribution is 0.686. The number of anilines is 1. The van der Waals surface area contributed by atoms with E-state index in [0.29, 0.717) is 17.9 Å². The molecule has 2 heterocycles. The summed E-state index contributed by atoms with van der Waals surface area (Å²) in [6, 6.07) is 5.57. The number of pyridine rings is 1. The Morgan fingerprint density at radius 1 is 1.53 bits per heavy atom. The molecule has 0 amide bonds. The third-order valence-corrected chi connectivity index (χ3v) is 1.94. The third kappa shape index (κ3) is 2.11. The van der Waals surface area contributed by atoms with Gasteiger partial charge in [0, 0.05) is 12.4 Å². The van der Waals surface area contributed by atoms with Crippen LogP contribution in [0.3, 0.4) is 0 Å². The second-order valence-corrected chi connectivity index (χ2v) is 3.13. The second-order valence-electron chi connectivity index (χ2n) is 3.13. The Morgan fingerprint density at radius 3 is 3.07 bits per heavy atom. The molecule has 0 aliphatic heterocycles. The topological polar surface area (TPSA) is 80.5 Å². The van der Waals surface area contributed by atoms with E-state index in [-0.39, 0.29) is 0 Å². The van der Waals surface area contributed by atoms with Gasteiger partial charge >= 0.3 is 0 Å². The average molecular weight is 199 g/mol. The summed E-state index contributed by atoms with van der Waals surface area (Å²) in [5, 5.41) is 12.7. The average Bonchev–Trinajstić information content (AvgIpc) is 2.64. The molecular formula is C10H9N5. The summed E-state index contributed by atoms with van der Waals surface area (Å²) >= 11 is 0. The van der Waals surface area contributed by atoms with Gasteiger partial charge in [-0.05, 0) is 17.7 Å². The molecule has 0 radical (unpaired) electrons. The van der Waals surface area contributed by atoms with Crippen LogP contribution in [0.2, 0.25) is 0 Å². The zero-order chi connectivity index (χ0) is 10.7. The number of hydrogen-bond donors (Lipinski definition) is 1. The first-order valence-electron chi connectivity index (χ1n) is 4.41. The van der Waals surface area contributed by atoms with Gasteiger partial charge in [-0.3, -0.25) is 4.68 Å². The first-order valence-corrected chi connectivity index (χ1v) is 4.41. The largest absolute Gasteiger partial charge is 0.396 e. The van der Waals surface area contributed by atoms with Crippen molar-refractivity contribution in [3.8, 4) is 6.07 Å². The summed E-state index contributed by atoms with van der Waals surface area (Å²) in [4.78, 5) is 3.89. The molecule has 5 nitrogen and oxygen atoms in total. The molecule has 5 heteroatoms. The molecule has 0 saturated carbocycles. The summed E-state index contributed by atoms with van der Waals surface area (Å²) < 4.78 is 1.71. The minimum absolute atomic E-state index is 0.410. The van der Waals surface area contributed by atoms with Gasteiger partial charge in [0.05, 0.1) is 18.4 Å². The number of aromatic nitrogens is 3. The van der Waals surface area contributed by atoms with Crippen LogP contribution in [0.25, 0.3) is 0 Å². The van der Waals surface area contributed by atoms with Crippen molar-refractivity contribution < 1.29 is 0 Å². The first kappa shape index (κ1) is 9.21. The molecule has 2 N–H and O–H groups in total. The maximum Gasteiger partial charge on any atom is 0.140 e. The van der Waals surface area contributed by atoms with E-state index in [2.05, 4.69) is 10.1 Å². The fourth-order valence-electron chi connectivity index (χ4n) is 1.29. The fraction of sp³-hybridized carbons (Fsp3) is 0.100. The first-order chi connectivity index (χ1) is 7.28. The predicted octanol–water partition coefficient (Wildman–Crippen LogP) is 0.780. The van der Waals surface area contributed by atoms with E-state index in [1.807, 2.05) is 12.1 Å². The number of nitriles is 1. The highest BCUT2D eigenvalue weighted by molar-refractivity contribution is 5.31. The summed E-state index contributed by atoms with van der Waals surface area (Å²) in [6.45, 7) is 0.592. The number of nitrogens with zero attached hydrogens (tertiary/aromatic N) is 4. The van der Waals surface area contributed by atoms with Crippen LogP contribution in [-0.4, -0.2) is 14.8 Å². The molecule has 2 rings (SSSR count). The monoisotopic (exact) mass is 199 g/mol. The van der Waals surface area contributed by atoms with Crippen LogP contribution in [0.4, 0.5) is 5.69 Å². The molecular weight excluding hydrogens is 190 g/mol. The van der Waals surface area contributed by atoms with Crippen molar-refractivity contribution in [1.82, 2.24) is 14.8 Å². The summed E-state index contributed by atoms with van der Waals surface area (Å²) in [6.07, 6.45) is 4.94. The van der Waals surface area contributed by atoms with E-state index >= 15 is 0 Å². The number of hydrogen-bond acceptors (Lipinski definition) is 4. The molecule has 0 saturated heterocycles. The van der Waals surface area contributed by atoms with Gasteiger partial charge in [0.2, 0.25) is 0 Å². The van der Waals surface area contributed by atoms with Gasteiger partial charge in [0.15, 0.2) is 0 Å². The van der Waals surface area contributed by atoms with E-state index in [1.165, 1.54) is 0 Å². The second kappa shape index (κ2) is 3.80. The van der Waals surface area contributed by atoms with Crippen LogP contribution >= 0.6 is 0 Å². The Bertz CT molecular complexity index is 509. The van der Waals surface area contributed by atoms with Crippen molar-refractivity contribution in [3.63, 3.8) is 0 Å². The van der Waals surface area contributed by atoms with Gasteiger partial charge in [-0.2, -0.15) is 10.4 Å². The molecule has 2 aromatic heterocycles. The highest BCUT2D eigenvalue weighted by Crippen LogP contribution is 2.05. The Morgan fingerprint density at radius 2 is 2.40 bits per heavy atom. The van der Waals surface area contributed by atoms with Crippen LogP contribution in [-0.2, 0) is 6.54 Å². The van der Waals surface area contributed by atoms with Crippen molar-refractivity contribution >= 4 is 5.69 Å². The number of nitrogen functional groups attached to an aromatic ring is 1. The number of nitrogens with two attached hydrogens (primary N) is 1. The lowest BCUT2D eigenvalue weighted by Gasteiger charge is -2.00. The molecule has 0 fully saturated rings. The highest BCUT2D eigenvalue weighted by atomic mass is 15.3. The van der Waals surface area contributed by atoms with Gasteiger partial charge in [0.25, 0.3) is 0 Å². The van der Waals surface area contributed by atoms with Crippen LogP contribution in [0, 0.1) is 11.3 Å². The minimum atomic E-state index is 0.410. The molecule has 74 valence electrons. The molecule has 0 unspecified atom stereocenters. The standard InChI is InChI=1S/C10H9N5/c11-4-10-3-8(1-2-13-10)6-15-7-9(12)5-14-15/h1-3,5,7H,6,12H2. The quantitative estimate of drug-likeness (QED) is 0.775. The zero-order valence-electron chi connectivity index (χ0n) is 7.96. The lowest BCUT2D eigenvalue weighted by Crippen LogP contribution is -2.00. The van der Waals surface area contributed by atoms with E-state index in [4.69, 9.17) is 11.0 Å². The zero-order valence-corrected chi connectivity index (χ0v) is 7.96. The molecule has 0 aromatic carbocycles. The molecule has 2 aromatic rings. The lowest BCUT2D eigenvalue weighted by atomic mass is 10.2. The predicted molar refractivity (Wildman–Crippen MR) is 54.7 cm³/mol. The minimum Gasteiger partial charge on any atom is -0.396 e. The molecule has 0 aliphatic carbocycles. The van der Waals surface area contributed by atoms with Crippen LogP contribution < -0.4 is 5.73 Å². The Balaban J connectivity index is 2.21. The molecule has 0 bridgehead atoms. The summed E-state index contributed by atoms with van der Waals surface area (Å²) in [7, 11) is 0. The fourth-order valence-corrected chi connectivity index (χ4v) is 1.29. The molecule has 15 heavy (non-hydrogen) atoms. The summed E-state index contributed by atoms with van der Waals surface area (Å²) in [5.41, 5.74) is 7.56. The van der Waals surface area contributed by atoms with Gasteiger partial charge in [-0.25, -0.2) is 4.98 Å². The van der Waals surface area contributed by atoms with Gasteiger partial charge in [-0.1, -0.05) is 0 Å². The number of rotatable bonds is 2. The van der Waals surface area contributed by atoms with E-state index in [9.17, 15) is 0 Å². The molecule has 0 spiro atoms. The molecule has 0 aliphatic rings. The van der Waals surface area contributed by atoms with E-state index in [1.54, 1.807) is 29.3 Å². The van der Waals surface area contributed by atoms with Gasteiger partial charge in [-0.15, -0.1) is 0 Å². The van der Waals surface area contributed by atoms with E-state index in [0.717, 1.165) is 5.56 Å². The van der Waals surface area contributed by atoms with Crippen LogP contribution in [0.15, 0.2) is 30.7 Å². The van der Waals surface area contributed by atoms with Crippen LogP contribution in [0.5, 0.6) is 0 Å². The van der Waals surface area contributed by atoms with E-state index < -0.39 is 0 Å². The Labute approximate surface area is 86.8 Å². The maximum absolute atomic E-state index is 8.68. The summed E-state index contributed by atoms with van der Waals surface area (Å²) in [5.74, 6) is 0. The highest BCUT2D eigenvalue weighted by Gasteiger charge is 1.99.